The monoisotopic (exact) mass is 339 g/mol. The van der Waals surface area contributed by atoms with Crippen LogP contribution in [0.1, 0.15) is 5.69 Å². The lowest BCUT2D eigenvalue weighted by molar-refractivity contribution is 0.199. The minimum absolute atomic E-state index is 0.318. The lowest BCUT2D eigenvalue weighted by Gasteiger charge is -2.06. The van der Waals surface area contributed by atoms with Crippen LogP contribution in [0.15, 0.2) is 34.9 Å². The van der Waals surface area contributed by atoms with Crippen molar-refractivity contribution in [2.24, 2.45) is 0 Å². The average Bonchev–Trinajstić information content (AvgIpc) is 2.43. The Balaban J connectivity index is 2.12. The summed E-state index contributed by atoms with van der Waals surface area (Å²) < 4.78 is 19.0. The largest absolute Gasteiger partial charge is 0.383 e. The van der Waals surface area contributed by atoms with Gasteiger partial charge in [0.15, 0.2) is 5.82 Å². The summed E-state index contributed by atoms with van der Waals surface area (Å²) in [7, 11) is 1.66. The van der Waals surface area contributed by atoms with Crippen molar-refractivity contribution in [1.29, 1.82) is 0 Å². The zero-order valence-electron chi connectivity index (χ0n) is 11.1. The van der Waals surface area contributed by atoms with E-state index in [1.165, 1.54) is 12.1 Å². The highest BCUT2D eigenvalue weighted by Gasteiger charge is 2.06. The van der Waals surface area contributed by atoms with Crippen LogP contribution >= 0.6 is 15.9 Å². The lowest BCUT2D eigenvalue weighted by atomic mass is 10.2. The van der Waals surface area contributed by atoms with Gasteiger partial charge < -0.3 is 10.1 Å². The molecule has 4 nitrogen and oxygen atoms in total. The molecule has 0 amide bonds. The minimum Gasteiger partial charge on any atom is -0.383 e. The van der Waals surface area contributed by atoms with Gasteiger partial charge in [-0.05, 0) is 24.3 Å². The maximum Gasteiger partial charge on any atom is 0.159 e. The second-order valence-electron chi connectivity index (χ2n) is 4.20. The van der Waals surface area contributed by atoms with Crippen molar-refractivity contribution in [3.8, 4) is 11.4 Å². The van der Waals surface area contributed by atoms with Crippen LogP contribution < -0.4 is 5.32 Å². The third-order valence-electron chi connectivity index (χ3n) is 2.62. The van der Waals surface area contributed by atoms with E-state index in [9.17, 15) is 4.39 Å². The number of halogens is 2. The van der Waals surface area contributed by atoms with Gasteiger partial charge >= 0.3 is 0 Å². The van der Waals surface area contributed by atoms with E-state index in [-0.39, 0.29) is 5.82 Å². The molecule has 0 fully saturated rings. The molecular formula is C14H15BrFN3O. The van der Waals surface area contributed by atoms with E-state index >= 15 is 0 Å². The van der Waals surface area contributed by atoms with Crippen molar-refractivity contribution in [2.45, 2.75) is 6.54 Å². The predicted octanol–water partition coefficient (Wildman–Crippen LogP) is 2.78. The van der Waals surface area contributed by atoms with E-state index in [0.29, 0.717) is 29.0 Å². The maximum atomic E-state index is 13.4. The van der Waals surface area contributed by atoms with Crippen molar-refractivity contribution in [3.05, 3.63) is 46.4 Å². The molecule has 0 spiro atoms. The summed E-state index contributed by atoms with van der Waals surface area (Å²) in [6.45, 7) is 2.02. The number of nitrogens with one attached hydrogen (secondary N) is 1. The fraction of sp³-hybridized carbons (Fsp3) is 0.286. The van der Waals surface area contributed by atoms with Crippen LogP contribution in [0.2, 0.25) is 0 Å². The van der Waals surface area contributed by atoms with Crippen LogP contribution in [0.25, 0.3) is 11.4 Å². The molecule has 0 atom stereocenters. The number of nitrogens with zero attached hydrogens (tertiary/aromatic N) is 2. The van der Waals surface area contributed by atoms with Crippen molar-refractivity contribution < 1.29 is 9.13 Å². The number of methoxy groups -OCH3 is 1. The third kappa shape index (κ3) is 4.33. The van der Waals surface area contributed by atoms with Crippen LogP contribution in [-0.4, -0.2) is 30.2 Å². The van der Waals surface area contributed by atoms with Gasteiger partial charge in [-0.3, -0.25) is 0 Å². The quantitative estimate of drug-likeness (QED) is 0.822. The number of benzene rings is 1. The standard InChI is InChI=1S/C14H15BrFN3O/c1-20-5-4-17-9-13-2-3-18-14(19-13)10-6-11(15)8-12(16)7-10/h2-3,6-8,17H,4-5,9H2,1H3. The highest BCUT2D eigenvalue weighted by molar-refractivity contribution is 9.10. The summed E-state index contributed by atoms with van der Waals surface area (Å²) in [5.74, 6) is 0.192. The molecule has 0 saturated heterocycles. The van der Waals surface area contributed by atoms with Gasteiger partial charge in [0.2, 0.25) is 0 Å². The van der Waals surface area contributed by atoms with Gasteiger partial charge in [0.1, 0.15) is 5.82 Å². The van der Waals surface area contributed by atoms with Gasteiger partial charge in [-0.1, -0.05) is 15.9 Å². The van der Waals surface area contributed by atoms with E-state index < -0.39 is 0 Å². The molecule has 0 saturated carbocycles. The Morgan fingerprint density at radius 2 is 2.20 bits per heavy atom. The third-order valence-corrected chi connectivity index (χ3v) is 3.08. The molecule has 0 bridgehead atoms. The summed E-state index contributed by atoms with van der Waals surface area (Å²) in [5.41, 5.74) is 1.50. The van der Waals surface area contributed by atoms with Gasteiger partial charge in [0, 0.05) is 36.4 Å². The summed E-state index contributed by atoms with van der Waals surface area (Å²) in [4.78, 5) is 8.61. The van der Waals surface area contributed by atoms with Crippen LogP contribution in [0.3, 0.4) is 0 Å². The molecule has 1 aromatic carbocycles. The van der Waals surface area contributed by atoms with Crippen molar-refractivity contribution in [3.63, 3.8) is 0 Å². The summed E-state index contributed by atoms with van der Waals surface area (Å²) in [5, 5.41) is 3.21. The van der Waals surface area contributed by atoms with E-state index in [2.05, 4.69) is 31.2 Å². The number of rotatable bonds is 6. The van der Waals surface area contributed by atoms with E-state index in [0.717, 1.165) is 12.2 Å². The number of aromatic nitrogens is 2. The first-order valence-electron chi connectivity index (χ1n) is 6.17. The van der Waals surface area contributed by atoms with Crippen molar-refractivity contribution in [1.82, 2.24) is 15.3 Å². The summed E-state index contributed by atoms with van der Waals surface area (Å²) in [6, 6.07) is 6.44. The zero-order chi connectivity index (χ0) is 14.4. The molecule has 20 heavy (non-hydrogen) atoms. The summed E-state index contributed by atoms with van der Waals surface area (Å²) >= 11 is 3.27. The molecule has 2 aromatic rings. The topological polar surface area (TPSA) is 47.0 Å². The molecule has 1 N–H and O–H groups in total. The Bertz CT molecular complexity index is 560. The Morgan fingerprint density at radius 3 is 2.95 bits per heavy atom. The Hall–Kier alpha value is -1.37. The minimum atomic E-state index is -0.318. The molecule has 1 aromatic heterocycles. The molecule has 0 aliphatic carbocycles. The van der Waals surface area contributed by atoms with Crippen molar-refractivity contribution >= 4 is 15.9 Å². The fourth-order valence-corrected chi connectivity index (χ4v) is 2.17. The summed E-state index contributed by atoms with van der Waals surface area (Å²) in [6.07, 6.45) is 1.68. The average molecular weight is 340 g/mol. The van der Waals surface area contributed by atoms with Gasteiger partial charge in [-0.2, -0.15) is 0 Å². The maximum absolute atomic E-state index is 13.4. The molecule has 0 aliphatic heterocycles. The van der Waals surface area contributed by atoms with Gasteiger partial charge in [-0.25, -0.2) is 14.4 Å². The molecule has 6 heteroatoms. The lowest BCUT2D eigenvalue weighted by Crippen LogP contribution is -2.19. The molecular weight excluding hydrogens is 325 g/mol. The van der Waals surface area contributed by atoms with Gasteiger partial charge in [-0.15, -0.1) is 0 Å². The number of hydrogen-bond acceptors (Lipinski definition) is 4. The highest BCUT2D eigenvalue weighted by atomic mass is 79.9. The molecule has 1 heterocycles. The van der Waals surface area contributed by atoms with Gasteiger partial charge in [0.25, 0.3) is 0 Å². The van der Waals surface area contributed by atoms with Crippen molar-refractivity contribution in [2.75, 3.05) is 20.3 Å². The van der Waals surface area contributed by atoms with E-state index in [1.807, 2.05) is 6.07 Å². The normalized spacial score (nSPS) is 10.8. The highest BCUT2D eigenvalue weighted by Crippen LogP contribution is 2.21. The van der Waals surface area contributed by atoms with Crippen LogP contribution in [0, 0.1) is 5.82 Å². The van der Waals surface area contributed by atoms with Crippen LogP contribution in [0.4, 0.5) is 4.39 Å². The van der Waals surface area contributed by atoms with Gasteiger partial charge in [0.05, 0.1) is 12.3 Å². The SMILES string of the molecule is COCCNCc1ccnc(-c2cc(F)cc(Br)c2)n1. The number of ether oxygens (including phenoxy) is 1. The Kier molecular flexibility index (Phi) is 5.58. The fourth-order valence-electron chi connectivity index (χ4n) is 1.71. The molecule has 0 radical (unpaired) electrons. The number of hydrogen-bond donors (Lipinski definition) is 1. The first-order chi connectivity index (χ1) is 9.69. The molecule has 0 unspecified atom stereocenters. The second kappa shape index (κ2) is 7.42. The van der Waals surface area contributed by atoms with Crippen LogP contribution in [0.5, 0.6) is 0 Å². The van der Waals surface area contributed by atoms with Crippen LogP contribution in [-0.2, 0) is 11.3 Å². The molecule has 0 aliphatic rings. The smallest absolute Gasteiger partial charge is 0.159 e. The molecule has 106 valence electrons. The zero-order valence-corrected chi connectivity index (χ0v) is 12.7. The first-order valence-corrected chi connectivity index (χ1v) is 6.96. The first kappa shape index (κ1) is 15.0. The van der Waals surface area contributed by atoms with E-state index in [1.54, 1.807) is 19.4 Å². The second-order valence-corrected chi connectivity index (χ2v) is 5.11. The predicted molar refractivity (Wildman–Crippen MR) is 78.7 cm³/mol. The Labute approximate surface area is 125 Å². The van der Waals surface area contributed by atoms with E-state index in [4.69, 9.17) is 4.74 Å². The Morgan fingerprint density at radius 1 is 1.35 bits per heavy atom. The molecule has 2 rings (SSSR count).